The van der Waals surface area contributed by atoms with Gasteiger partial charge >= 0.3 is 39.5 Å². The largest absolute Gasteiger partial charge is 0.472 e. The fourth-order valence-electron chi connectivity index (χ4n) is 10.6. The second-order valence-electron chi connectivity index (χ2n) is 26.2. The molecule has 0 aromatic heterocycles. The van der Waals surface area contributed by atoms with Gasteiger partial charge in [0.15, 0.2) is 12.2 Å². The zero-order valence-corrected chi connectivity index (χ0v) is 64.9. The smallest absolute Gasteiger partial charge is 0.462 e. The summed E-state index contributed by atoms with van der Waals surface area (Å²) in [6.07, 6.45) is 76.7. The molecule has 0 aromatic carbocycles. The van der Waals surface area contributed by atoms with Crippen LogP contribution in [0, 0.1) is 0 Å². The van der Waals surface area contributed by atoms with Crippen LogP contribution in [0.4, 0.5) is 0 Å². The maximum atomic E-state index is 13.1. The summed E-state index contributed by atoms with van der Waals surface area (Å²) < 4.78 is 68.5. The number of carbonyl (C=O) groups is 4. The first kappa shape index (κ1) is 96.0. The Hall–Kier alpha value is -4.02. The van der Waals surface area contributed by atoms with Crippen molar-refractivity contribution in [3.05, 3.63) is 97.2 Å². The number of hydrogen-bond acceptors (Lipinski definition) is 15. The first-order chi connectivity index (χ1) is 48.7. The van der Waals surface area contributed by atoms with E-state index in [1.807, 2.05) is 0 Å². The fourth-order valence-corrected chi connectivity index (χ4v) is 12.2. The van der Waals surface area contributed by atoms with Crippen LogP contribution in [-0.4, -0.2) is 96.7 Å². The van der Waals surface area contributed by atoms with E-state index in [1.54, 1.807) is 0 Å². The summed E-state index contributed by atoms with van der Waals surface area (Å²) in [6, 6.07) is 0. The molecule has 0 radical (unpaired) electrons. The van der Waals surface area contributed by atoms with Gasteiger partial charge in [-0.1, -0.05) is 285 Å². The van der Waals surface area contributed by atoms with Crippen molar-refractivity contribution in [2.24, 2.45) is 0 Å². The lowest BCUT2D eigenvalue weighted by Gasteiger charge is -2.21. The fraction of sp³-hybridized carbons (Fsp3) is 0.753. The summed E-state index contributed by atoms with van der Waals surface area (Å²) in [5, 5.41) is 10.6. The van der Waals surface area contributed by atoms with E-state index >= 15 is 0 Å². The molecule has 17 nitrogen and oxygen atoms in total. The van der Waals surface area contributed by atoms with E-state index in [9.17, 15) is 43.2 Å². The van der Waals surface area contributed by atoms with Gasteiger partial charge in [0.25, 0.3) is 0 Å². The second-order valence-corrected chi connectivity index (χ2v) is 29.2. The number of carbonyl (C=O) groups excluding carboxylic acids is 4. The number of aliphatic hydroxyl groups excluding tert-OH is 1. The van der Waals surface area contributed by atoms with Crippen LogP contribution in [0.2, 0.25) is 0 Å². The number of aliphatic hydroxyl groups is 1. The van der Waals surface area contributed by atoms with E-state index < -0.39 is 97.5 Å². The number of unbranched alkanes of at least 4 members (excludes halogenated alkanes) is 32. The van der Waals surface area contributed by atoms with Crippen molar-refractivity contribution in [2.75, 3.05) is 39.6 Å². The van der Waals surface area contributed by atoms with Gasteiger partial charge in [0.1, 0.15) is 19.3 Å². The first-order valence-corrected chi connectivity index (χ1v) is 42.5. The van der Waals surface area contributed by atoms with Gasteiger partial charge in [0.05, 0.1) is 26.4 Å². The van der Waals surface area contributed by atoms with Crippen molar-refractivity contribution >= 4 is 39.5 Å². The number of phosphoric acid groups is 2. The number of phosphoric ester groups is 2. The maximum Gasteiger partial charge on any atom is 0.472 e. The van der Waals surface area contributed by atoms with Crippen LogP contribution in [-0.2, 0) is 65.4 Å². The molecule has 0 rings (SSSR count). The Bertz CT molecular complexity index is 2270. The van der Waals surface area contributed by atoms with Crippen LogP contribution in [0.3, 0.4) is 0 Å². The van der Waals surface area contributed by atoms with Crippen molar-refractivity contribution in [1.82, 2.24) is 0 Å². The topological polar surface area (TPSA) is 237 Å². The molecule has 100 heavy (non-hydrogen) atoms. The lowest BCUT2D eigenvalue weighted by Crippen LogP contribution is -2.30. The monoisotopic (exact) mass is 1450 g/mol. The minimum absolute atomic E-state index is 0.0836. The Balaban J connectivity index is 5.34. The lowest BCUT2D eigenvalue weighted by molar-refractivity contribution is -0.161. The van der Waals surface area contributed by atoms with Gasteiger partial charge < -0.3 is 33.8 Å². The lowest BCUT2D eigenvalue weighted by atomic mass is 10.1. The maximum absolute atomic E-state index is 13.1. The molecule has 5 atom stereocenters. The van der Waals surface area contributed by atoms with Crippen molar-refractivity contribution in [1.29, 1.82) is 0 Å². The summed E-state index contributed by atoms with van der Waals surface area (Å²) in [6.45, 7) is 4.63. The number of ether oxygens (including phenoxy) is 4. The summed E-state index contributed by atoms with van der Waals surface area (Å²) in [5.74, 6) is -2.20. The van der Waals surface area contributed by atoms with Crippen LogP contribution >= 0.6 is 15.6 Å². The van der Waals surface area contributed by atoms with E-state index in [4.69, 9.17) is 37.0 Å². The van der Waals surface area contributed by atoms with Gasteiger partial charge in [-0.15, -0.1) is 0 Å². The zero-order chi connectivity index (χ0) is 73.2. The van der Waals surface area contributed by atoms with E-state index in [2.05, 4.69) is 125 Å². The molecule has 578 valence electrons. The molecular weight excluding hydrogens is 1310 g/mol. The summed E-state index contributed by atoms with van der Waals surface area (Å²) in [4.78, 5) is 72.9. The van der Waals surface area contributed by atoms with Gasteiger partial charge in [0, 0.05) is 25.7 Å². The van der Waals surface area contributed by atoms with Gasteiger partial charge in [-0.3, -0.25) is 37.3 Å². The number of rotatable bonds is 74. The van der Waals surface area contributed by atoms with E-state index in [1.165, 1.54) is 77.0 Å². The minimum atomic E-state index is -4.98. The average Bonchev–Trinajstić information content (AvgIpc) is 0.989. The highest BCUT2D eigenvalue weighted by Gasteiger charge is 2.30. The molecule has 0 amide bonds. The Kier molecular flexibility index (Phi) is 70.4. The molecule has 0 aliphatic rings. The molecule has 0 aliphatic heterocycles. The van der Waals surface area contributed by atoms with Crippen LogP contribution in [0.15, 0.2) is 97.2 Å². The third kappa shape index (κ3) is 72.3. The highest BCUT2D eigenvalue weighted by Crippen LogP contribution is 2.45. The number of hydrogen-bond donors (Lipinski definition) is 3. The summed E-state index contributed by atoms with van der Waals surface area (Å²) in [7, 11) is -9.95. The molecule has 0 aromatic rings. The molecule has 0 aliphatic carbocycles. The van der Waals surface area contributed by atoms with Crippen LogP contribution in [0.25, 0.3) is 0 Å². The summed E-state index contributed by atoms with van der Waals surface area (Å²) in [5.41, 5.74) is 0. The average molecular weight is 1450 g/mol. The number of allylic oxidation sites excluding steroid dienone is 16. The van der Waals surface area contributed by atoms with E-state index in [0.29, 0.717) is 25.7 Å². The predicted molar refractivity (Wildman–Crippen MR) is 409 cm³/mol. The third-order valence-electron chi connectivity index (χ3n) is 16.5. The van der Waals surface area contributed by atoms with Gasteiger partial charge in [-0.25, -0.2) is 9.13 Å². The quantitative estimate of drug-likeness (QED) is 0.0169. The van der Waals surface area contributed by atoms with E-state index in [0.717, 1.165) is 180 Å². The van der Waals surface area contributed by atoms with E-state index in [-0.39, 0.29) is 25.7 Å². The highest BCUT2D eigenvalue weighted by molar-refractivity contribution is 7.47. The molecule has 0 saturated carbocycles. The SMILES string of the molecule is CC/C=C\C/C=C\C/C=C\C/C=C\CCCCCCC(=O)OCC(COP(=O)(O)OCC(O)COP(=O)(O)OCC(COC(=O)CCCCCCCCC/C=C\C/C=C\C/C=C\CC)OC(=O)CCCCCCC/C=C\CCCCCCCC)OC(=O)CCCCCCCCCCCCC. The Labute approximate surface area is 607 Å². The van der Waals surface area contributed by atoms with Gasteiger partial charge in [-0.2, -0.15) is 0 Å². The highest BCUT2D eigenvalue weighted by atomic mass is 31.2. The molecule has 0 bridgehead atoms. The van der Waals surface area contributed by atoms with Crippen molar-refractivity contribution in [3.8, 4) is 0 Å². The molecule has 0 fully saturated rings. The summed E-state index contributed by atoms with van der Waals surface area (Å²) >= 11 is 0. The molecule has 3 N–H and O–H groups in total. The Morgan fingerprint density at radius 1 is 0.290 bits per heavy atom. The van der Waals surface area contributed by atoms with Crippen molar-refractivity contribution < 1.29 is 80.2 Å². The minimum Gasteiger partial charge on any atom is -0.462 e. The van der Waals surface area contributed by atoms with Crippen molar-refractivity contribution in [3.63, 3.8) is 0 Å². The molecule has 19 heteroatoms. The standard InChI is InChI=1S/C81H142O17P2/c1-5-9-13-17-21-25-29-32-35-37-40-42-46-49-53-57-61-65-78(83)91-71-76(97-80(85)67-63-59-55-51-45-28-24-20-16-12-8-4)73-95-99(87,88)93-69-75(82)70-94-100(89,90)96-74-77(98-81(86)68-64-60-56-52-48-44-39-34-31-27-23-19-15-11-7-3)72-92-79(84)66-62-58-54-50-47-43-41-38-36-33-30-26-22-18-14-10-6-2/h9-10,13-14,21-22,25-26,32-36,39-40,42,75-77,82H,5-8,11-12,15-20,23-24,27-31,37-38,41,43-74H2,1-4H3,(H,87,88)(H,89,90)/b13-9-,14-10-,25-21-,26-22-,35-32-,36-33-,39-34-,42-40-. The third-order valence-corrected chi connectivity index (χ3v) is 18.4. The molecule has 0 spiro atoms. The van der Waals surface area contributed by atoms with Crippen molar-refractivity contribution in [2.45, 2.75) is 354 Å². The van der Waals surface area contributed by atoms with Crippen LogP contribution in [0.1, 0.15) is 336 Å². The normalized spacial score (nSPS) is 14.4. The first-order valence-electron chi connectivity index (χ1n) is 39.5. The van der Waals surface area contributed by atoms with Crippen LogP contribution < -0.4 is 0 Å². The Morgan fingerprint density at radius 3 is 0.810 bits per heavy atom. The molecule has 0 heterocycles. The number of esters is 4. The molecule has 0 saturated heterocycles. The molecule has 5 unspecified atom stereocenters. The van der Waals surface area contributed by atoms with Crippen LogP contribution in [0.5, 0.6) is 0 Å². The predicted octanol–water partition coefficient (Wildman–Crippen LogP) is 22.8. The Morgan fingerprint density at radius 2 is 0.520 bits per heavy atom. The zero-order valence-electron chi connectivity index (χ0n) is 63.1. The van der Waals surface area contributed by atoms with Gasteiger partial charge in [-0.05, 0) is 122 Å². The molecular formula is C81H142O17P2. The van der Waals surface area contributed by atoms with Gasteiger partial charge in [0.2, 0.25) is 0 Å². The second kappa shape index (κ2) is 73.3.